The topological polar surface area (TPSA) is 72.9 Å². The van der Waals surface area contributed by atoms with E-state index in [-0.39, 0.29) is 11.9 Å². The Kier molecular flexibility index (Phi) is 4.34. The van der Waals surface area contributed by atoms with E-state index >= 15 is 0 Å². The minimum atomic E-state index is -0.183. The molecule has 0 bridgehead atoms. The molecular weight excluding hydrogens is 336 g/mol. The summed E-state index contributed by atoms with van der Waals surface area (Å²) in [6.45, 7) is 2.09. The van der Waals surface area contributed by atoms with E-state index in [1.807, 2.05) is 71.5 Å². The number of nitrogens with zero attached hydrogens (tertiary/aromatic N) is 2. The Bertz CT molecular complexity index is 1070. The van der Waals surface area contributed by atoms with Crippen LogP contribution in [0.2, 0.25) is 0 Å². The van der Waals surface area contributed by atoms with Crippen molar-refractivity contribution in [2.75, 3.05) is 11.1 Å². The van der Waals surface area contributed by atoms with Gasteiger partial charge in [-0.2, -0.15) is 5.10 Å². The summed E-state index contributed by atoms with van der Waals surface area (Å²) >= 11 is 0. The molecular formula is C22H20N4O. The number of anilines is 2. The van der Waals surface area contributed by atoms with Crippen molar-refractivity contribution in [1.29, 1.82) is 0 Å². The molecule has 1 amide bonds. The van der Waals surface area contributed by atoms with Crippen LogP contribution in [0, 0.1) is 0 Å². The highest BCUT2D eigenvalue weighted by Crippen LogP contribution is 2.22. The van der Waals surface area contributed by atoms with E-state index in [4.69, 9.17) is 5.73 Å². The molecule has 3 aromatic carbocycles. The van der Waals surface area contributed by atoms with Crippen molar-refractivity contribution in [1.82, 2.24) is 9.78 Å². The monoisotopic (exact) mass is 356 g/mol. The number of nitrogens with two attached hydrogens (primary N) is 1. The molecule has 1 aromatic heterocycles. The summed E-state index contributed by atoms with van der Waals surface area (Å²) in [5.41, 5.74) is 9.68. The summed E-state index contributed by atoms with van der Waals surface area (Å²) in [5, 5.41) is 8.59. The van der Waals surface area contributed by atoms with E-state index < -0.39 is 0 Å². The fourth-order valence-corrected chi connectivity index (χ4v) is 3.05. The van der Waals surface area contributed by atoms with Gasteiger partial charge in [-0.15, -0.1) is 0 Å². The van der Waals surface area contributed by atoms with Gasteiger partial charge in [-0.05, 0) is 42.8 Å². The second-order valence-electron chi connectivity index (χ2n) is 6.51. The first-order valence-corrected chi connectivity index (χ1v) is 8.81. The molecule has 3 N–H and O–H groups in total. The molecule has 134 valence electrons. The lowest BCUT2D eigenvalue weighted by Gasteiger charge is -2.13. The summed E-state index contributed by atoms with van der Waals surface area (Å²) < 4.78 is 1.95. The minimum Gasteiger partial charge on any atom is -0.397 e. The number of rotatable bonds is 4. The van der Waals surface area contributed by atoms with Crippen molar-refractivity contribution < 1.29 is 4.79 Å². The number of carbonyl (C=O) groups excluding carboxylic acids is 1. The Morgan fingerprint density at radius 1 is 1.00 bits per heavy atom. The van der Waals surface area contributed by atoms with Crippen LogP contribution in [0.15, 0.2) is 79.0 Å². The highest BCUT2D eigenvalue weighted by Gasteiger charge is 2.12. The SMILES string of the molecule is CC(c1ccc(C(=O)Nc2ccccc2N)cc1)n1cc2ccccc2n1. The second kappa shape index (κ2) is 6.96. The zero-order valence-electron chi connectivity index (χ0n) is 15.0. The van der Waals surface area contributed by atoms with E-state index in [0.717, 1.165) is 16.5 Å². The van der Waals surface area contributed by atoms with Crippen LogP contribution in [0.1, 0.15) is 28.9 Å². The van der Waals surface area contributed by atoms with Crippen LogP contribution < -0.4 is 11.1 Å². The van der Waals surface area contributed by atoms with Crippen LogP contribution in [0.5, 0.6) is 0 Å². The Balaban J connectivity index is 1.52. The lowest BCUT2D eigenvalue weighted by atomic mass is 10.1. The van der Waals surface area contributed by atoms with Gasteiger partial charge in [-0.3, -0.25) is 9.48 Å². The first-order chi connectivity index (χ1) is 13.1. The van der Waals surface area contributed by atoms with Crippen LogP contribution in [-0.2, 0) is 0 Å². The van der Waals surface area contributed by atoms with Crippen LogP contribution in [0.4, 0.5) is 11.4 Å². The van der Waals surface area contributed by atoms with E-state index in [1.54, 1.807) is 12.1 Å². The van der Waals surface area contributed by atoms with Crippen LogP contribution in [-0.4, -0.2) is 15.7 Å². The lowest BCUT2D eigenvalue weighted by molar-refractivity contribution is 0.102. The van der Waals surface area contributed by atoms with Gasteiger partial charge < -0.3 is 11.1 Å². The number of para-hydroxylation sites is 2. The maximum Gasteiger partial charge on any atom is 0.255 e. The van der Waals surface area contributed by atoms with Gasteiger partial charge in [0.05, 0.1) is 22.9 Å². The van der Waals surface area contributed by atoms with E-state index in [2.05, 4.69) is 17.3 Å². The molecule has 27 heavy (non-hydrogen) atoms. The minimum absolute atomic E-state index is 0.0688. The molecule has 0 saturated carbocycles. The quantitative estimate of drug-likeness (QED) is 0.530. The average molecular weight is 356 g/mol. The summed E-state index contributed by atoms with van der Waals surface area (Å²) in [7, 11) is 0. The van der Waals surface area contributed by atoms with E-state index in [0.29, 0.717) is 16.9 Å². The molecule has 5 nitrogen and oxygen atoms in total. The van der Waals surface area contributed by atoms with Crippen molar-refractivity contribution in [2.24, 2.45) is 0 Å². The number of fused-ring (bicyclic) bond motifs is 1. The molecule has 1 atom stereocenters. The zero-order valence-corrected chi connectivity index (χ0v) is 15.0. The molecule has 1 heterocycles. The van der Waals surface area contributed by atoms with Gasteiger partial charge in [0.15, 0.2) is 0 Å². The van der Waals surface area contributed by atoms with Crippen LogP contribution in [0.3, 0.4) is 0 Å². The van der Waals surface area contributed by atoms with Gasteiger partial charge in [0.1, 0.15) is 0 Å². The molecule has 5 heteroatoms. The smallest absolute Gasteiger partial charge is 0.255 e. The Morgan fingerprint density at radius 2 is 1.70 bits per heavy atom. The number of aromatic nitrogens is 2. The number of nitrogen functional groups attached to an aromatic ring is 1. The number of nitrogens with one attached hydrogen (secondary N) is 1. The first kappa shape index (κ1) is 16.8. The Hall–Kier alpha value is -3.60. The van der Waals surface area contributed by atoms with Crippen molar-refractivity contribution in [2.45, 2.75) is 13.0 Å². The van der Waals surface area contributed by atoms with Gasteiger partial charge in [-0.1, -0.05) is 42.5 Å². The molecule has 0 radical (unpaired) electrons. The van der Waals surface area contributed by atoms with Gasteiger partial charge >= 0.3 is 0 Å². The molecule has 0 saturated heterocycles. The van der Waals surface area contributed by atoms with E-state index in [9.17, 15) is 4.79 Å². The van der Waals surface area contributed by atoms with Gasteiger partial charge in [0, 0.05) is 17.1 Å². The molecule has 0 aliphatic heterocycles. The number of hydrogen-bond donors (Lipinski definition) is 2. The second-order valence-corrected chi connectivity index (χ2v) is 6.51. The Morgan fingerprint density at radius 3 is 2.44 bits per heavy atom. The van der Waals surface area contributed by atoms with Crippen molar-refractivity contribution in [3.05, 3.63) is 90.1 Å². The number of hydrogen-bond acceptors (Lipinski definition) is 3. The third-order valence-corrected chi connectivity index (χ3v) is 4.69. The summed E-state index contributed by atoms with van der Waals surface area (Å²) in [6.07, 6.45) is 2.04. The number of benzene rings is 3. The lowest BCUT2D eigenvalue weighted by Crippen LogP contribution is -2.13. The predicted octanol–water partition coefficient (Wildman–Crippen LogP) is 4.48. The van der Waals surface area contributed by atoms with Crippen molar-refractivity contribution in [3.63, 3.8) is 0 Å². The summed E-state index contributed by atoms with van der Waals surface area (Å²) in [5.74, 6) is -0.183. The fraction of sp³-hybridized carbons (Fsp3) is 0.0909. The number of amides is 1. The van der Waals surface area contributed by atoms with Crippen LogP contribution in [0.25, 0.3) is 10.9 Å². The molecule has 4 aromatic rings. The van der Waals surface area contributed by atoms with Crippen molar-refractivity contribution >= 4 is 28.2 Å². The molecule has 0 fully saturated rings. The first-order valence-electron chi connectivity index (χ1n) is 8.81. The summed E-state index contributed by atoms with van der Waals surface area (Å²) in [4.78, 5) is 12.5. The molecule has 1 unspecified atom stereocenters. The molecule has 0 aliphatic carbocycles. The van der Waals surface area contributed by atoms with Gasteiger partial charge in [0.25, 0.3) is 5.91 Å². The summed E-state index contributed by atoms with van der Waals surface area (Å²) in [6, 6.07) is 22.9. The predicted molar refractivity (Wildman–Crippen MR) is 109 cm³/mol. The average Bonchev–Trinajstić information content (AvgIpc) is 3.13. The maximum atomic E-state index is 12.5. The fourth-order valence-electron chi connectivity index (χ4n) is 3.05. The van der Waals surface area contributed by atoms with Gasteiger partial charge in [0.2, 0.25) is 0 Å². The highest BCUT2D eigenvalue weighted by molar-refractivity contribution is 6.05. The molecule has 0 aliphatic rings. The Labute approximate surface area is 157 Å². The normalized spacial score (nSPS) is 12.0. The molecule has 0 spiro atoms. The van der Waals surface area contributed by atoms with E-state index in [1.165, 1.54) is 0 Å². The van der Waals surface area contributed by atoms with Gasteiger partial charge in [-0.25, -0.2) is 0 Å². The largest absolute Gasteiger partial charge is 0.397 e. The third kappa shape index (κ3) is 3.40. The maximum absolute atomic E-state index is 12.5. The van der Waals surface area contributed by atoms with Crippen LogP contribution >= 0.6 is 0 Å². The zero-order chi connectivity index (χ0) is 18.8. The molecule has 4 rings (SSSR count). The third-order valence-electron chi connectivity index (χ3n) is 4.69. The van der Waals surface area contributed by atoms with Crippen molar-refractivity contribution in [3.8, 4) is 0 Å². The highest BCUT2D eigenvalue weighted by atomic mass is 16.1. The standard InChI is InChI=1S/C22H20N4O/c1-15(26-14-18-6-2-4-8-20(18)25-26)16-10-12-17(13-11-16)22(27)24-21-9-5-3-7-19(21)23/h2-15H,23H2,1H3,(H,24,27). The number of carbonyl (C=O) groups is 1.